The van der Waals surface area contributed by atoms with Crippen LogP contribution in [0.4, 0.5) is 0 Å². The zero-order valence-corrected chi connectivity index (χ0v) is 27.3. The molecule has 0 spiro atoms. The molecule has 1 unspecified atom stereocenters. The Hall–Kier alpha value is -0.110. The molecule has 0 aromatic carbocycles. The van der Waals surface area contributed by atoms with Crippen molar-refractivity contribution in [3.63, 3.8) is 0 Å². The van der Waals surface area contributed by atoms with Gasteiger partial charge in [0, 0.05) is 0 Å². The van der Waals surface area contributed by atoms with Crippen molar-refractivity contribution in [3.05, 3.63) is 11.6 Å². The smallest absolute Gasteiger partial charge is 0.324 e. The zero-order chi connectivity index (χ0) is 28.1. The van der Waals surface area contributed by atoms with Gasteiger partial charge in [-0.3, -0.25) is 4.57 Å². The summed E-state index contributed by atoms with van der Waals surface area (Å²) in [6.45, 7) is 20.2. The fourth-order valence-electron chi connectivity index (χ4n) is 9.99. The number of hydrogen-bond donors (Lipinski definition) is 1. The van der Waals surface area contributed by atoms with E-state index in [0.717, 1.165) is 48.9 Å². The van der Waals surface area contributed by atoms with Gasteiger partial charge in [0.2, 0.25) is 0 Å². The molecule has 0 aromatic rings. The van der Waals surface area contributed by atoms with Gasteiger partial charge in [0.1, 0.15) is 0 Å². The summed E-state index contributed by atoms with van der Waals surface area (Å²) in [7, 11) is -3.73. The maximum Gasteiger partial charge on any atom is 0.333 e. The van der Waals surface area contributed by atoms with Crippen molar-refractivity contribution < 1.29 is 14.0 Å². The molecule has 0 saturated heterocycles. The molecule has 3 fully saturated rings. The van der Waals surface area contributed by atoms with Gasteiger partial charge in [-0.2, -0.15) is 0 Å². The third kappa shape index (κ3) is 6.06. The van der Waals surface area contributed by atoms with Crippen LogP contribution >= 0.6 is 7.60 Å². The van der Waals surface area contributed by atoms with Crippen LogP contribution in [0.1, 0.15) is 146 Å². The first-order chi connectivity index (χ1) is 17.5. The molecule has 38 heavy (non-hydrogen) atoms. The van der Waals surface area contributed by atoms with Crippen LogP contribution in [-0.4, -0.2) is 16.2 Å². The minimum Gasteiger partial charge on any atom is -0.324 e. The second kappa shape index (κ2) is 10.9. The Morgan fingerprint density at radius 2 is 1.74 bits per heavy atom. The predicted molar refractivity (Wildman–Crippen MR) is 161 cm³/mol. The summed E-state index contributed by atoms with van der Waals surface area (Å²) in [4.78, 5) is 11.1. The average molecular weight is 549 g/mol. The quantitative estimate of drug-likeness (QED) is 0.177. The molecular formula is C34H61O3P. The van der Waals surface area contributed by atoms with Crippen LogP contribution in [0.15, 0.2) is 11.6 Å². The predicted octanol–water partition coefficient (Wildman–Crippen LogP) is 10.6. The van der Waals surface area contributed by atoms with Crippen LogP contribution in [0, 0.1) is 45.8 Å². The van der Waals surface area contributed by atoms with Crippen LogP contribution in [0.2, 0.25) is 0 Å². The largest absolute Gasteiger partial charge is 0.333 e. The van der Waals surface area contributed by atoms with Crippen molar-refractivity contribution in [1.82, 2.24) is 0 Å². The average Bonchev–Trinajstić information content (AvgIpc) is 3.11. The van der Waals surface area contributed by atoms with Gasteiger partial charge in [-0.25, -0.2) is 0 Å². The summed E-state index contributed by atoms with van der Waals surface area (Å²) in [5, 5.41) is -0.736. The van der Waals surface area contributed by atoms with E-state index in [0.29, 0.717) is 11.8 Å². The number of unbranched alkanes of at least 4 members (excludes halogenated alkanes) is 1. The van der Waals surface area contributed by atoms with E-state index in [9.17, 15) is 9.46 Å². The van der Waals surface area contributed by atoms with Gasteiger partial charge in [0.05, 0.1) is 11.3 Å². The van der Waals surface area contributed by atoms with Gasteiger partial charge in [0.15, 0.2) is 0 Å². The Balaban J connectivity index is 1.42. The maximum atomic E-state index is 13.5. The van der Waals surface area contributed by atoms with E-state index in [2.05, 4.69) is 54.5 Å². The Bertz CT molecular complexity index is 913. The minimum absolute atomic E-state index is 0.0138. The summed E-state index contributed by atoms with van der Waals surface area (Å²) >= 11 is 0. The monoisotopic (exact) mass is 548 g/mol. The highest BCUT2D eigenvalue weighted by atomic mass is 31.2. The Kier molecular flexibility index (Phi) is 8.88. The molecule has 8 atom stereocenters. The van der Waals surface area contributed by atoms with Crippen LogP contribution in [0.25, 0.3) is 0 Å². The first kappa shape index (κ1) is 30.8. The molecule has 0 heterocycles. The lowest BCUT2D eigenvalue weighted by molar-refractivity contribution is -0.0499. The molecule has 0 amide bonds. The number of fused-ring (bicyclic) bond motifs is 5. The van der Waals surface area contributed by atoms with Gasteiger partial charge in [0.25, 0.3) is 0 Å². The van der Waals surface area contributed by atoms with Crippen molar-refractivity contribution in [1.29, 1.82) is 0 Å². The summed E-state index contributed by atoms with van der Waals surface area (Å²) in [6, 6.07) is 0. The molecule has 4 heteroatoms. The lowest BCUT2D eigenvalue weighted by atomic mass is 9.47. The second-order valence-corrected chi connectivity index (χ2v) is 19.3. The summed E-state index contributed by atoms with van der Waals surface area (Å²) in [5.41, 5.74) is 2.32. The van der Waals surface area contributed by atoms with Crippen LogP contribution in [0.5, 0.6) is 0 Å². The molecule has 4 aliphatic rings. The van der Waals surface area contributed by atoms with Crippen LogP contribution in [-0.2, 0) is 9.09 Å². The molecule has 4 rings (SSSR count). The van der Waals surface area contributed by atoms with Crippen molar-refractivity contribution >= 4 is 7.60 Å². The molecule has 0 bridgehead atoms. The van der Waals surface area contributed by atoms with Gasteiger partial charge in [-0.05, 0) is 124 Å². The first-order valence-corrected chi connectivity index (χ1v) is 17.8. The lowest BCUT2D eigenvalue weighted by Gasteiger charge is -2.58. The summed E-state index contributed by atoms with van der Waals surface area (Å²) < 4.78 is 19.6. The third-order valence-corrected chi connectivity index (χ3v) is 14.1. The first-order valence-electron chi connectivity index (χ1n) is 16.2. The van der Waals surface area contributed by atoms with Gasteiger partial charge < -0.3 is 9.42 Å². The number of hydrogen-bond acceptors (Lipinski definition) is 2. The highest BCUT2D eigenvalue weighted by Crippen LogP contribution is 2.68. The zero-order valence-electron chi connectivity index (χ0n) is 26.4. The highest BCUT2D eigenvalue weighted by molar-refractivity contribution is 7.54. The van der Waals surface area contributed by atoms with Crippen LogP contribution in [0.3, 0.4) is 0 Å². The SMILES string of the molecule is CC(C)CCCC[C@H]1CC[C@H]2[C@@H]3CC=C4C[C@@H](OP(=O)(O)C(C)(C)CC(C)(C)C)CC[C@]4(C)[C@H]3CC[C@]12C. The normalized spacial score (nSPS) is 39.2. The summed E-state index contributed by atoms with van der Waals surface area (Å²) in [6.07, 6.45) is 18.5. The highest BCUT2D eigenvalue weighted by Gasteiger charge is 2.58. The van der Waals surface area contributed by atoms with E-state index >= 15 is 0 Å². The van der Waals surface area contributed by atoms with Crippen molar-refractivity contribution in [3.8, 4) is 0 Å². The van der Waals surface area contributed by atoms with Gasteiger partial charge in [-0.1, -0.05) is 79.4 Å². The Labute approximate surface area is 235 Å². The maximum absolute atomic E-state index is 13.5. The molecule has 3 nitrogen and oxygen atoms in total. The second-order valence-electron chi connectivity index (χ2n) is 16.8. The van der Waals surface area contributed by atoms with Gasteiger partial charge in [-0.15, -0.1) is 0 Å². The lowest BCUT2D eigenvalue weighted by Crippen LogP contribution is -2.50. The molecule has 220 valence electrons. The van der Waals surface area contributed by atoms with E-state index in [1.165, 1.54) is 63.4 Å². The molecule has 0 aromatic heterocycles. The number of rotatable bonds is 9. The van der Waals surface area contributed by atoms with Crippen molar-refractivity contribution in [2.45, 2.75) is 157 Å². The van der Waals surface area contributed by atoms with E-state index in [1.54, 1.807) is 0 Å². The fourth-order valence-corrected chi connectivity index (χ4v) is 11.5. The third-order valence-electron chi connectivity index (χ3n) is 11.9. The molecule has 3 saturated carbocycles. The topological polar surface area (TPSA) is 46.5 Å². The van der Waals surface area contributed by atoms with Crippen molar-refractivity contribution in [2.75, 3.05) is 0 Å². The van der Waals surface area contributed by atoms with Crippen molar-refractivity contribution in [2.24, 2.45) is 45.8 Å². The van der Waals surface area contributed by atoms with E-state index in [-0.39, 0.29) is 16.9 Å². The van der Waals surface area contributed by atoms with Crippen LogP contribution < -0.4 is 0 Å². The summed E-state index contributed by atoms with van der Waals surface area (Å²) in [5.74, 6) is 4.25. The number of allylic oxidation sites excluding steroid dienone is 1. The molecule has 0 aliphatic heterocycles. The van der Waals surface area contributed by atoms with Gasteiger partial charge >= 0.3 is 7.60 Å². The Morgan fingerprint density at radius 1 is 1.03 bits per heavy atom. The fraction of sp³-hybridized carbons (Fsp3) is 0.941. The van der Waals surface area contributed by atoms with E-state index in [4.69, 9.17) is 4.52 Å². The standard InChI is InChI=1S/C34H61O3P/c1-24(2)12-10-11-13-25-15-17-29-28-16-14-26-22-27(37-38(35,36)32(6,7)23-31(3,4)5)18-20-34(26,9)30(28)19-21-33(25,29)8/h14,24-25,27-30H,10-13,15-23H2,1-9H3,(H,35,36)/t25-,27-,28-,29-,30-,33+,34-/m0/s1. The molecule has 1 N–H and O–H groups in total. The Morgan fingerprint density at radius 3 is 2.39 bits per heavy atom. The van der Waals surface area contributed by atoms with E-state index < -0.39 is 12.8 Å². The van der Waals surface area contributed by atoms with E-state index in [1.807, 2.05) is 13.8 Å². The molecule has 4 aliphatic carbocycles. The minimum atomic E-state index is -3.73. The molecular weight excluding hydrogens is 487 g/mol. The molecule has 0 radical (unpaired) electrons.